The van der Waals surface area contributed by atoms with Crippen LogP contribution in [0.5, 0.6) is 0 Å². The Bertz CT molecular complexity index is 621. The first-order valence-electron chi connectivity index (χ1n) is 9.32. The number of rotatable bonds is 14. The minimum absolute atomic E-state index is 0.158. The maximum atomic E-state index is 12.0. The van der Waals surface area contributed by atoms with E-state index in [2.05, 4.69) is 10.6 Å². The SMILES string of the molecule is CCOCCOCC(=O)N[C@@H](CCCCNC(=O)c1ccc(N)cc1)C(N)=O. The molecule has 0 saturated heterocycles. The van der Waals surface area contributed by atoms with Crippen molar-refractivity contribution in [3.05, 3.63) is 29.8 Å². The van der Waals surface area contributed by atoms with E-state index in [9.17, 15) is 14.4 Å². The van der Waals surface area contributed by atoms with E-state index in [1.54, 1.807) is 24.3 Å². The van der Waals surface area contributed by atoms with Crippen LogP contribution in [0.1, 0.15) is 36.5 Å². The van der Waals surface area contributed by atoms with Gasteiger partial charge in [0.05, 0.1) is 13.2 Å². The average molecular weight is 394 g/mol. The fourth-order valence-electron chi connectivity index (χ4n) is 2.36. The predicted molar refractivity (Wildman–Crippen MR) is 105 cm³/mol. The first-order valence-corrected chi connectivity index (χ1v) is 9.32. The van der Waals surface area contributed by atoms with Gasteiger partial charge in [0.2, 0.25) is 11.8 Å². The number of hydrogen-bond acceptors (Lipinski definition) is 6. The summed E-state index contributed by atoms with van der Waals surface area (Å²) in [5.41, 5.74) is 12.0. The van der Waals surface area contributed by atoms with Crippen LogP contribution in [0.3, 0.4) is 0 Å². The zero-order valence-electron chi connectivity index (χ0n) is 16.2. The summed E-state index contributed by atoms with van der Waals surface area (Å²) in [5, 5.41) is 5.35. The van der Waals surface area contributed by atoms with Crippen LogP contribution in [-0.2, 0) is 19.1 Å². The van der Waals surface area contributed by atoms with E-state index < -0.39 is 17.9 Å². The molecule has 0 radical (unpaired) electrons. The fourth-order valence-corrected chi connectivity index (χ4v) is 2.36. The number of unbranched alkanes of at least 4 members (excludes halogenated alkanes) is 1. The number of nitrogens with one attached hydrogen (secondary N) is 2. The Morgan fingerprint density at radius 2 is 1.75 bits per heavy atom. The van der Waals surface area contributed by atoms with E-state index >= 15 is 0 Å². The number of amides is 3. The standard InChI is InChI=1S/C19H30N4O5/c1-2-27-11-12-28-13-17(24)23-16(18(21)25)5-3-4-10-22-19(26)14-6-8-15(20)9-7-14/h6-9,16H,2-5,10-13,20H2,1H3,(H2,21,25)(H,22,26)(H,23,24)/t16-/m0/s1. The Kier molecular flexibility index (Phi) is 11.3. The van der Waals surface area contributed by atoms with Gasteiger partial charge in [0, 0.05) is 24.4 Å². The summed E-state index contributed by atoms with van der Waals surface area (Å²) in [6.45, 7) is 3.45. The molecule has 6 N–H and O–H groups in total. The molecule has 0 fully saturated rings. The molecule has 1 aromatic carbocycles. The molecule has 3 amide bonds. The monoisotopic (exact) mass is 394 g/mol. The first-order chi connectivity index (χ1) is 13.4. The van der Waals surface area contributed by atoms with Gasteiger partial charge in [0.1, 0.15) is 12.6 Å². The second-order valence-corrected chi connectivity index (χ2v) is 6.15. The molecule has 1 aromatic rings. The highest BCUT2D eigenvalue weighted by molar-refractivity contribution is 5.94. The molecule has 0 heterocycles. The minimum Gasteiger partial charge on any atom is -0.399 e. The third-order valence-electron chi connectivity index (χ3n) is 3.87. The summed E-state index contributed by atoms with van der Waals surface area (Å²) in [4.78, 5) is 35.3. The van der Waals surface area contributed by atoms with E-state index in [0.717, 1.165) is 0 Å². The van der Waals surface area contributed by atoms with Crippen molar-refractivity contribution < 1.29 is 23.9 Å². The second kappa shape index (κ2) is 13.5. The molecular weight excluding hydrogens is 364 g/mol. The highest BCUT2D eigenvalue weighted by atomic mass is 16.5. The number of nitrogen functional groups attached to an aromatic ring is 1. The Morgan fingerprint density at radius 1 is 1.07 bits per heavy atom. The molecule has 0 aliphatic carbocycles. The van der Waals surface area contributed by atoms with Crippen LogP contribution in [0.15, 0.2) is 24.3 Å². The molecule has 9 nitrogen and oxygen atoms in total. The summed E-state index contributed by atoms with van der Waals surface area (Å²) < 4.78 is 10.2. The lowest BCUT2D eigenvalue weighted by molar-refractivity contribution is -0.130. The third kappa shape index (κ3) is 9.89. The molecule has 0 bridgehead atoms. The van der Waals surface area contributed by atoms with Gasteiger partial charge in [-0.25, -0.2) is 0 Å². The van der Waals surface area contributed by atoms with Crippen LogP contribution in [-0.4, -0.2) is 56.7 Å². The Labute approximate surface area is 165 Å². The molecule has 0 saturated carbocycles. The number of nitrogens with two attached hydrogens (primary N) is 2. The molecule has 9 heteroatoms. The van der Waals surface area contributed by atoms with Gasteiger partial charge in [-0.3, -0.25) is 14.4 Å². The Morgan fingerprint density at radius 3 is 2.39 bits per heavy atom. The molecule has 0 spiro atoms. The number of benzene rings is 1. The lowest BCUT2D eigenvalue weighted by atomic mass is 10.1. The number of carbonyl (C=O) groups is 3. The number of hydrogen-bond donors (Lipinski definition) is 4. The summed E-state index contributed by atoms with van der Waals surface area (Å²) >= 11 is 0. The van der Waals surface area contributed by atoms with E-state index in [0.29, 0.717) is 56.9 Å². The van der Waals surface area contributed by atoms with E-state index in [1.807, 2.05) is 6.92 Å². The number of carbonyl (C=O) groups excluding carboxylic acids is 3. The van der Waals surface area contributed by atoms with E-state index in [1.165, 1.54) is 0 Å². The van der Waals surface area contributed by atoms with Crippen LogP contribution in [0.2, 0.25) is 0 Å². The molecule has 156 valence electrons. The molecule has 28 heavy (non-hydrogen) atoms. The van der Waals surface area contributed by atoms with Crippen LogP contribution >= 0.6 is 0 Å². The zero-order valence-corrected chi connectivity index (χ0v) is 16.2. The summed E-state index contributed by atoms with van der Waals surface area (Å²) in [6.07, 6.45) is 1.64. The van der Waals surface area contributed by atoms with E-state index in [-0.39, 0.29) is 12.5 Å². The van der Waals surface area contributed by atoms with Crippen LogP contribution < -0.4 is 22.1 Å². The largest absolute Gasteiger partial charge is 0.399 e. The van der Waals surface area contributed by atoms with Crippen molar-refractivity contribution in [2.45, 2.75) is 32.2 Å². The van der Waals surface area contributed by atoms with Crippen LogP contribution in [0, 0.1) is 0 Å². The van der Waals surface area contributed by atoms with Gasteiger partial charge in [-0.2, -0.15) is 0 Å². The highest BCUT2D eigenvalue weighted by Gasteiger charge is 2.17. The zero-order chi connectivity index (χ0) is 20.8. The van der Waals surface area contributed by atoms with Crippen molar-refractivity contribution in [3.8, 4) is 0 Å². The van der Waals surface area contributed by atoms with Gasteiger partial charge in [0.15, 0.2) is 0 Å². The molecule has 1 atom stereocenters. The molecule has 0 unspecified atom stereocenters. The van der Waals surface area contributed by atoms with Gasteiger partial charge in [-0.1, -0.05) is 0 Å². The first kappa shape index (κ1) is 23.4. The third-order valence-corrected chi connectivity index (χ3v) is 3.87. The lowest BCUT2D eigenvalue weighted by Gasteiger charge is -2.15. The normalized spacial score (nSPS) is 11.6. The van der Waals surface area contributed by atoms with Crippen molar-refractivity contribution in [2.75, 3.05) is 38.7 Å². The minimum atomic E-state index is -0.768. The van der Waals surface area contributed by atoms with Crippen molar-refractivity contribution in [2.24, 2.45) is 5.73 Å². The Hall–Kier alpha value is -2.65. The molecule has 0 aromatic heterocycles. The summed E-state index contributed by atoms with van der Waals surface area (Å²) in [6, 6.07) is 5.86. The predicted octanol–water partition coefficient (Wildman–Crippen LogP) is 0.192. The van der Waals surface area contributed by atoms with Crippen LogP contribution in [0.25, 0.3) is 0 Å². The van der Waals surface area contributed by atoms with Gasteiger partial charge >= 0.3 is 0 Å². The van der Waals surface area contributed by atoms with Gasteiger partial charge in [0.25, 0.3) is 5.91 Å². The maximum Gasteiger partial charge on any atom is 0.251 e. The maximum absolute atomic E-state index is 12.0. The second-order valence-electron chi connectivity index (χ2n) is 6.15. The lowest BCUT2D eigenvalue weighted by Crippen LogP contribution is -2.45. The molecule has 0 aliphatic heterocycles. The topological polar surface area (TPSA) is 146 Å². The number of primary amides is 1. The molecular formula is C19H30N4O5. The number of anilines is 1. The summed E-state index contributed by atoms with van der Waals surface area (Å²) in [7, 11) is 0. The van der Waals surface area contributed by atoms with Crippen molar-refractivity contribution in [1.29, 1.82) is 0 Å². The van der Waals surface area contributed by atoms with Crippen molar-refractivity contribution in [3.63, 3.8) is 0 Å². The number of ether oxygens (including phenoxy) is 2. The van der Waals surface area contributed by atoms with Gasteiger partial charge in [-0.05, 0) is 50.5 Å². The Balaban J connectivity index is 2.22. The smallest absolute Gasteiger partial charge is 0.251 e. The van der Waals surface area contributed by atoms with Crippen molar-refractivity contribution in [1.82, 2.24) is 10.6 Å². The summed E-state index contributed by atoms with van der Waals surface area (Å²) in [5.74, 6) is -1.20. The average Bonchev–Trinajstić information content (AvgIpc) is 2.66. The highest BCUT2D eigenvalue weighted by Crippen LogP contribution is 2.05. The van der Waals surface area contributed by atoms with E-state index in [4.69, 9.17) is 20.9 Å². The van der Waals surface area contributed by atoms with Crippen molar-refractivity contribution >= 4 is 23.4 Å². The van der Waals surface area contributed by atoms with Crippen LogP contribution in [0.4, 0.5) is 5.69 Å². The quantitative estimate of drug-likeness (QED) is 0.262. The molecule has 1 rings (SSSR count). The molecule has 0 aliphatic rings. The fraction of sp³-hybridized carbons (Fsp3) is 0.526. The van der Waals surface area contributed by atoms with Gasteiger partial charge < -0.3 is 31.6 Å². The van der Waals surface area contributed by atoms with Gasteiger partial charge in [-0.15, -0.1) is 0 Å².